The molecule has 0 N–H and O–H groups in total. The van der Waals surface area contributed by atoms with Gasteiger partial charge in [-0.3, -0.25) is 0 Å². The predicted molar refractivity (Wildman–Crippen MR) is 76.5 cm³/mol. The number of hydrogen-bond donors (Lipinski definition) is 0. The summed E-state index contributed by atoms with van der Waals surface area (Å²) in [5, 5.41) is 0. The van der Waals surface area contributed by atoms with Crippen LogP contribution in [0.1, 0.15) is 60.3 Å². The standard InChI is InChI=1S/C16H32O2/c1-12(2)10-17-16(18-11-13(3)4)15-8-6-14(5)7-9-15/h12-16H,6-11H2,1-5H3. The van der Waals surface area contributed by atoms with E-state index in [1.807, 2.05) is 0 Å². The van der Waals surface area contributed by atoms with E-state index < -0.39 is 0 Å². The highest BCUT2D eigenvalue weighted by atomic mass is 16.7. The third-order valence-corrected chi connectivity index (χ3v) is 3.63. The van der Waals surface area contributed by atoms with Gasteiger partial charge in [0.2, 0.25) is 0 Å². The van der Waals surface area contributed by atoms with Gasteiger partial charge in [-0.1, -0.05) is 47.5 Å². The minimum absolute atomic E-state index is 0.0299. The van der Waals surface area contributed by atoms with E-state index in [0.29, 0.717) is 17.8 Å². The van der Waals surface area contributed by atoms with Crippen LogP contribution in [0.4, 0.5) is 0 Å². The third kappa shape index (κ3) is 6.19. The molecule has 0 bridgehead atoms. The Balaban J connectivity index is 2.42. The fraction of sp³-hybridized carbons (Fsp3) is 1.00. The molecule has 1 fully saturated rings. The number of hydrogen-bond acceptors (Lipinski definition) is 2. The molecule has 1 aliphatic carbocycles. The molecule has 0 saturated heterocycles. The van der Waals surface area contributed by atoms with Crippen LogP contribution in [-0.4, -0.2) is 19.5 Å². The van der Waals surface area contributed by atoms with Gasteiger partial charge in [0.1, 0.15) is 0 Å². The Morgan fingerprint density at radius 1 is 0.833 bits per heavy atom. The van der Waals surface area contributed by atoms with E-state index in [1.54, 1.807) is 0 Å². The average molecular weight is 256 g/mol. The van der Waals surface area contributed by atoms with E-state index in [4.69, 9.17) is 9.47 Å². The van der Waals surface area contributed by atoms with Gasteiger partial charge in [-0.2, -0.15) is 0 Å². The summed E-state index contributed by atoms with van der Waals surface area (Å²) in [7, 11) is 0. The molecule has 0 spiro atoms. The van der Waals surface area contributed by atoms with Crippen molar-refractivity contribution in [2.45, 2.75) is 66.6 Å². The van der Waals surface area contributed by atoms with Crippen molar-refractivity contribution in [1.82, 2.24) is 0 Å². The Kier molecular flexibility index (Phi) is 7.25. The van der Waals surface area contributed by atoms with Gasteiger partial charge in [-0.15, -0.1) is 0 Å². The second kappa shape index (κ2) is 8.16. The smallest absolute Gasteiger partial charge is 0.160 e. The van der Waals surface area contributed by atoms with E-state index in [9.17, 15) is 0 Å². The summed E-state index contributed by atoms with van der Waals surface area (Å²) in [4.78, 5) is 0. The van der Waals surface area contributed by atoms with Crippen LogP contribution in [0.5, 0.6) is 0 Å². The number of ether oxygens (including phenoxy) is 2. The van der Waals surface area contributed by atoms with Crippen molar-refractivity contribution < 1.29 is 9.47 Å². The largest absolute Gasteiger partial charge is 0.352 e. The summed E-state index contributed by atoms with van der Waals surface area (Å²) in [5.41, 5.74) is 0. The van der Waals surface area contributed by atoms with Crippen molar-refractivity contribution >= 4 is 0 Å². The first kappa shape index (κ1) is 16.0. The molecule has 0 amide bonds. The quantitative estimate of drug-likeness (QED) is 0.625. The van der Waals surface area contributed by atoms with E-state index in [-0.39, 0.29) is 6.29 Å². The molecule has 1 saturated carbocycles. The van der Waals surface area contributed by atoms with Crippen molar-refractivity contribution in [3.8, 4) is 0 Å². The lowest BCUT2D eigenvalue weighted by Crippen LogP contribution is -2.32. The minimum Gasteiger partial charge on any atom is -0.352 e. The first-order chi connectivity index (χ1) is 8.49. The number of rotatable bonds is 7. The van der Waals surface area contributed by atoms with E-state index in [1.165, 1.54) is 25.7 Å². The Bertz CT molecular complexity index is 193. The zero-order valence-corrected chi connectivity index (χ0v) is 12.9. The maximum Gasteiger partial charge on any atom is 0.160 e. The SMILES string of the molecule is CC(C)COC(OCC(C)C)C1CCC(C)CC1. The molecule has 0 aromatic carbocycles. The van der Waals surface area contributed by atoms with Gasteiger partial charge in [0.05, 0.1) is 13.2 Å². The maximum atomic E-state index is 6.01. The summed E-state index contributed by atoms with van der Waals surface area (Å²) in [5.74, 6) is 2.66. The molecular weight excluding hydrogens is 224 g/mol. The van der Waals surface area contributed by atoms with Crippen LogP contribution in [0.2, 0.25) is 0 Å². The summed E-state index contributed by atoms with van der Waals surface area (Å²) in [6, 6.07) is 0. The summed E-state index contributed by atoms with van der Waals surface area (Å²) < 4.78 is 12.0. The van der Waals surface area contributed by atoms with Crippen LogP contribution in [0, 0.1) is 23.7 Å². The lowest BCUT2D eigenvalue weighted by atomic mass is 9.82. The van der Waals surface area contributed by atoms with Crippen molar-refractivity contribution in [1.29, 1.82) is 0 Å². The van der Waals surface area contributed by atoms with Crippen molar-refractivity contribution in [2.24, 2.45) is 23.7 Å². The summed E-state index contributed by atoms with van der Waals surface area (Å²) in [6.45, 7) is 12.8. The second-order valence-corrected chi connectivity index (χ2v) is 6.84. The van der Waals surface area contributed by atoms with Gasteiger partial charge in [0.15, 0.2) is 6.29 Å². The lowest BCUT2D eigenvalue weighted by Gasteiger charge is -2.33. The Hall–Kier alpha value is -0.0800. The van der Waals surface area contributed by atoms with Crippen LogP contribution < -0.4 is 0 Å². The topological polar surface area (TPSA) is 18.5 Å². The molecule has 108 valence electrons. The third-order valence-electron chi connectivity index (χ3n) is 3.63. The van der Waals surface area contributed by atoms with Gasteiger partial charge < -0.3 is 9.47 Å². The zero-order chi connectivity index (χ0) is 13.5. The molecule has 2 nitrogen and oxygen atoms in total. The highest BCUT2D eigenvalue weighted by molar-refractivity contribution is 4.73. The average Bonchev–Trinajstić information content (AvgIpc) is 2.30. The monoisotopic (exact) mass is 256 g/mol. The zero-order valence-electron chi connectivity index (χ0n) is 12.9. The van der Waals surface area contributed by atoms with Gasteiger partial charge in [-0.25, -0.2) is 0 Å². The van der Waals surface area contributed by atoms with Crippen LogP contribution in [0.3, 0.4) is 0 Å². The molecule has 1 aliphatic rings. The minimum atomic E-state index is 0.0299. The van der Waals surface area contributed by atoms with Crippen LogP contribution in [0.15, 0.2) is 0 Å². The first-order valence-electron chi connectivity index (χ1n) is 7.72. The maximum absolute atomic E-state index is 6.01. The molecule has 0 heterocycles. The molecule has 0 aliphatic heterocycles. The molecule has 2 heteroatoms. The molecule has 18 heavy (non-hydrogen) atoms. The molecule has 0 aromatic heterocycles. The lowest BCUT2D eigenvalue weighted by molar-refractivity contribution is -0.188. The van der Waals surface area contributed by atoms with Crippen LogP contribution >= 0.6 is 0 Å². The normalized spacial score (nSPS) is 25.3. The molecule has 0 unspecified atom stereocenters. The first-order valence-corrected chi connectivity index (χ1v) is 7.72. The van der Waals surface area contributed by atoms with Gasteiger partial charge in [-0.05, 0) is 30.6 Å². The summed E-state index contributed by atoms with van der Waals surface area (Å²) >= 11 is 0. The Morgan fingerprint density at radius 3 is 1.67 bits per heavy atom. The van der Waals surface area contributed by atoms with Crippen molar-refractivity contribution in [2.75, 3.05) is 13.2 Å². The highest BCUT2D eigenvalue weighted by Crippen LogP contribution is 2.32. The van der Waals surface area contributed by atoms with E-state index in [0.717, 1.165) is 19.1 Å². The van der Waals surface area contributed by atoms with Crippen LogP contribution in [-0.2, 0) is 9.47 Å². The second-order valence-electron chi connectivity index (χ2n) is 6.84. The van der Waals surface area contributed by atoms with Gasteiger partial charge >= 0.3 is 0 Å². The summed E-state index contributed by atoms with van der Waals surface area (Å²) in [6.07, 6.45) is 5.22. The fourth-order valence-electron chi connectivity index (χ4n) is 2.45. The van der Waals surface area contributed by atoms with Crippen molar-refractivity contribution in [3.05, 3.63) is 0 Å². The molecular formula is C16H32O2. The Morgan fingerprint density at radius 2 is 1.28 bits per heavy atom. The molecule has 0 atom stereocenters. The van der Waals surface area contributed by atoms with E-state index in [2.05, 4.69) is 34.6 Å². The van der Waals surface area contributed by atoms with Gasteiger partial charge in [0.25, 0.3) is 0 Å². The van der Waals surface area contributed by atoms with Crippen LogP contribution in [0.25, 0.3) is 0 Å². The van der Waals surface area contributed by atoms with E-state index >= 15 is 0 Å². The Labute approximate surface area is 113 Å². The molecule has 1 rings (SSSR count). The molecule has 0 aromatic rings. The van der Waals surface area contributed by atoms with Crippen molar-refractivity contribution in [3.63, 3.8) is 0 Å². The molecule has 0 radical (unpaired) electrons. The predicted octanol–water partition coefficient (Wildman–Crippen LogP) is 4.48. The highest BCUT2D eigenvalue weighted by Gasteiger charge is 2.27. The fourth-order valence-corrected chi connectivity index (χ4v) is 2.45. The van der Waals surface area contributed by atoms with Gasteiger partial charge in [0, 0.05) is 5.92 Å².